The number of anilines is 1. The third-order valence-electron chi connectivity index (χ3n) is 6.20. The number of hydrogen-bond donors (Lipinski definition) is 3. The normalized spacial score (nSPS) is 21.3. The molecule has 5 rings (SSSR count). The van der Waals surface area contributed by atoms with E-state index in [9.17, 15) is 19.5 Å². The van der Waals surface area contributed by atoms with Crippen LogP contribution in [0.25, 0.3) is 0 Å². The predicted octanol–water partition coefficient (Wildman–Crippen LogP) is 0.291. The van der Waals surface area contributed by atoms with Crippen LogP contribution in [-0.2, 0) is 38.6 Å². The van der Waals surface area contributed by atoms with Crippen LogP contribution in [0.15, 0.2) is 40.1 Å². The Morgan fingerprint density at radius 3 is 2.97 bits per heavy atom. The first kappa shape index (κ1) is 23.3. The lowest BCUT2D eigenvalue weighted by molar-refractivity contribution is -0.696. The number of β-lactam (4-membered cyclic amide) rings is 1. The van der Waals surface area contributed by atoms with Crippen molar-refractivity contribution in [3.8, 4) is 0 Å². The summed E-state index contributed by atoms with van der Waals surface area (Å²) in [5, 5.41) is 17.7. The molecule has 35 heavy (non-hydrogen) atoms. The summed E-state index contributed by atoms with van der Waals surface area (Å²) in [6.07, 6.45) is 5.01. The number of pyridine rings is 1. The Labute approximate surface area is 208 Å². The molecule has 1 saturated heterocycles. The third kappa shape index (κ3) is 4.14. The molecule has 3 aliphatic rings. The quantitative estimate of drug-likeness (QED) is 0.206. The molecular weight excluding hydrogens is 492 g/mol. The van der Waals surface area contributed by atoms with E-state index in [0.717, 1.165) is 30.6 Å². The highest BCUT2D eigenvalue weighted by molar-refractivity contribution is 8.00. The van der Waals surface area contributed by atoms with Gasteiger partial charge in [0.05, 0.1) is 0 Å². The monoisotopic (exact) mass is 515 g/mol. The van der Waals surface area contributed by atoms with Crippen molar-refractivity contribution in [1.29, 1.82) is 0 Å². The Kier molecular flexibility index (Phi) is 6.19. The summed E-state index contributed by atoms with van der Waals surface area (Å²) < 4.78 is 2.08. The van der Waals surface area contributed by atoms with Gasteiger partial charge in [0.15, 0.2) is 29.3 Å². The van der Waals surface area contributed by atoms with Crippen LogP contribution in [-0.4, -0.2) is 62.8 Å². The number of nitrogens with one attached hydrogen (secondary N) is 1. The van der Waals surface area contributed by atoms with E-state index in [2.05, 4.69) is 26.1 Å². The highest BCUT2D eigenvalue weighted by Gasteiger charge is 2.55. The number of aryl methyl sites for hydroxylation is 1. The van der Waals surface area contributed by atoms with Gasteiger partial charge in [0, 0.05) is 34.8 Å². The molecule has 0 bridgehead atoms. The van der Waals surface area contributed by atoms with Crippen molar-refractivity contribution in [2.45, 2.75) is 37.2 Å². The fraction of sp³-hybridized carbons (Fsp3) is 0.364. The number of oxime groups is 1. The van der Waals surface area contributed by atoms with Gasteiger partial charge in [-0.1, -0.05) is 5.16 Å². The molecule has 2 aliphatic heterocycles. The van der Waals surface area contributed by atoms with Crippen molar-refractivity contribution in [2.75, 3.05) is 18.6 Å². The maximum absolute atomic E-state index is 13.0. The number of carbonyl (C=O) groups excluding carboxylic acids is 2. The lowest BCUT2D eigenvalue weighted by atomic mass is 10.0. The average Bonchev–Trinajstić information content (AvgIpc) is 3.49. The molecule has 2 atom stereocenters. The van der Waals surface area contributed by atoms with E-state index in [1.807, 2.05) is 12.3 Å². The molecule has 4 heterocycles. The van der Waals surface area contributed by atoms with E-state index in [4.69, 9.17) is 10.6 Å². The molecule has 0 spiro atoms. The van der Waals surface area contributed by atoms with E-state index >= 15 is 0 Å². The van der Waals surface area contributed by atoms with Crippen LogP contribution >= 0.6 is 23.1 Å². The first-order chi connectivity index (χ1) is 16.9. The summed E-state index contributed by atoms with van der Waals surface area (Å²) in [7, 11) is 1.29. The number of carboxylic acids is 1. The average molecular weight is 516 g/mol. The highest BCUT2D eigenvalue weighted by Crippen LogP contribution is 2.40. The second kappa shape index (κ2) is 9.30. The summed E-state index contributed by atoms with van der Waals surface area (Å²) in [6.45, 7) is 0.404. The molecule has 11 nitrogen and oxygen atoms in total. The fourth-order valence-corrected chi connectivity index (χ4v) is 6.56. The third-order valence-corrected chi connectivity index (χ3v) is 8.21. The number of rotatable bonds is 7. The second-order valence-corrected chi connectivity index (χ2v) is 10.3. The lowest BCUT2D eigenvalue weighted by Crippen LogP contribution is -2.71. The first-order valence-electron chi connectivity index (χ1n) is 10.9. The number of carbonyl (C=O) groups is 3. The zero-order chi connectivity index (χ0) is 24.7. The Morgan fingerprint density at radius 1 is 1.43 bits per heavy atom. The number of nitrogens with two attached hydrogens (primary N) is 1. The van der Waals surface area contributed by atoms with E-state index in [1.165, 1.54) is 35.0 Å². The molecule has 2 aromatic heterocycles. The predicted molar refractivity (Wildman–Crippen MR) is 128 cm³/mol. The van der Waals surface area contributed by atoms with Gasteiger partial charge in [0.1, 0.15) is 29.9 Å². The number of thioether (sulfide) groups is 1. The molecule has 4 N–H and O–H groups in total. The van der Waals surface area contributed by atoms with E-state index in [0.29, 0.717) is 17.9 Å². The molecule has 0 unspecified atom stereocenters. The Balaban J connectivity index is 1.36. The van der Waals surface area contributed by atoms with Crippen molar-refractivity contribution in [2.24, 2.45) is 5.16 Å². The van der Waals surface area contributed by atoms with Crippen molar-refractivity contribution in [3.63, 3.8) is 0 Å². The van der Waals surface area contributed by atoms with E-state index < -0.39 is 29.2 Å². The van der Waals surface area contributed by atoms with E-state index in [-0.39, 0.29) is 22.2 Å². The number of hydrogen-bond acceptors (Lipinski definition) is 9. The van der Waals surface area contributed by atoms with Crippen LogP contribution in [0.4, 0.5) is 5.13 Å². The molecule has 0 radical (unpaired) electrons. The fourth-order valence-electron chi connectivity index (χ4n) is 4.67. The minimum Gasteiger partial charge on any atom is -0.477 e. The van der Waals surface area contributed by atoms with Gasteiger partial charge in [-0.05, 0) is 18.9 Å². The summed E-state index contributed by atoms with van der Waals surface area (Å²) in [6, 6.07) is 3.18. The van der Waals surface area contributed by atoms with E-state index in [1.54, 1.807) is 5.38 Å². The zero-order valence-corrected chi connectivity index (χ0v) is 20.4. The molecular formula is C22H23N6O5S2+. The van der Waals surface area contributed by atoms with Gasteiger partial charge in [0.25, 0.3) is 11.8 Å². The number of aliphatic carboxylic acids is 1. The van der Waals surface area contributed by atoms with Crippen LogP contribution in [0.2, 0.25) is 0 Å². The molecule has 2 aromatic rings. The van der Waals surface area contributed by atoms with Gasteiger partial charge in [-0.3, -0.25) is 14.5 Å². The minimum absolute atomic E-state index is 0.00888. The topological polar surface area (TPSA) is 151 Å². The standard InChI is InChI=1S/C22H22N6O5S2/c1-33-26-15(13-10-35-22(23)24-13)18(29)25-16-19(30)28-17(21(31)32)12(9-34-20(16)28)8-27-7-3-5-11-4-2-6-14(11)27/h3,5,7,10,16,20H,2,4,6,8-9H2,1H3,(H3-,23,24,25,29,31,32)/p+1/b26-15+/t16-,20-/m0/s1. The van der Waals surface area contributed by atoms with Gasteiger partial charge >= 0.3 is 5.97 Å². The number of carboxylic acid groups (broad SMARTS) is 1. The van der Waals surface area contributed by atoms with Gasteiger partial charge in [-0.15, -0.1) is 23.1 Å². The first-order valence-corrected chi connectivity index (χ1v) is 12.9. The number of amides is 2. The summed E-state index contributed by atoms with van der Waals surface area (Å²) in [5.41, 5.74) is 8.92. The largest absolute Gasteiger partial charge is 0.477 e. The molecule has 182 valence electrons. The lowest BCUT2D eigenvalue weighted by Gasteiger charge is -2.49. The number of fused-ring (bicyclic) bond motifs is 2. The van der Waals surface area contributed by atoms with Crippen molar-refractivity contribution >= 4 is 51.7 Å². The SMILES string of the molecule is CO/N=C(/C(=O)N[C@H]1C(=O)N2C(C(=O)O)=C(C[n+]3cccc4c3CCC4)CS[C@@H]12)c1csc(N)n1. The maximum atomic E-state index is 13.0. The minimum atomic E-state index is -1.16. The van der Waals surface area contributed by atoms with Crippen molar-refractivity contribution in [3.05, 3.63) is 51.9 Å². The molecule has 13 heteroatoms. The van der Waals surface area contributed by atoms with Gasteiger partial charge in [0.2, 0.25) is 0 Å². The summed E-state index contributed by atoms with van der Waals surface area (Å²) in [4.78, 5) is 48.2. The van der Waals surface area contributed by atoms with Crippen LogP contribution in [0.1, 0.15) is 23.4 Å². The second-order valence-electron chi connectivity index (χ2n) is 8.27. The van der Waals surface area contributed by atoms with Crippen molar-refractivity contribution < 1.29 is 28.9 Å². The maximum Gasteiger partial charge on any atom is 0.352 e. The molecule has 1 fully saturated rings. The molecule has 2 amide bonds. The number of aromatic nitrogens is 2. The highest BCUT2D eigenvalue weighted by atomic mass is 32.2. The van der Waals surface area contributed by atoms with Crippen LogP contribution in [0, 0.1) is 0 Å². The molecule has 1 aliphatic carbocycles. The van der Waals surface area contributed by atoms with Gasteiger partial charge in [-0.25, -0.2) is 9.78 Å². The molecule has 0 aromatic carbocycles. The Morgan fingerprint density at radius 2 is 2.26 bits per heavy atom. The smallest absolute Gasteiger partial charge is 0.352 e. The molecule has 0 saturated carbocycles. The van der Waals surface area contributed by atoms with Crippen LogP contribution in [0.3, 0.4) is 0 Å². The van der Waals surface area contributed by atoms with Gasteiger partial charge in [-0.2, -0.15) is 4.57 Å². The van der Waals surface area contributed by atoms with Gasteiger partial charge < -0.3 is 21.0 Å². The number of thiazole rings is 1. The Hall–Kier alpha value is -3.45. The van der Waals surface area contributed by atoms with Crippen molar-refractivity contribution in [1.82, 2.24) is 15.2 Å². The summed E-state index contributed by atoms with van der Waals surface area (Å²) in [5.74, 6) is -1.86. The number of nitrogen functional groups attached to an aromatic ring is 1. The van der Waals surface area contributed by atoms with Crippen LogP contribution in [0.5, 0.6) is 0 Å². The zero-order valence-electron chi connectivity index (χ0n) is 18.8. The Bertz CT molecular complexity index is 1290. The summed E-state index contributed by atoms with van der Waals surface area (Å²) >= 11 is 2.57. The number of nitrogens with zero attached hydrogens (tertiary/aromatic N) is 4. The van der Waals surface area contributed by atoms with Crippen LogP contribution < -0.4 is 15.6 Å².